The maximum absolute atomic E-state index is 13.1. The molecule has 56 heavy (non-hydrogen) atoms. The highest BCUT2D eigenvalue weighted by atomic mass is 16.5. The molecular formula is C50H95NO5. The number of allylic oxidation sites excluding steroid dienone is 4. The summed E-state index contributed by atoms with van der Waals surface area (Å²) in [5.74, 6) is -0.543. The molecule has 0 aromatic heterocycles. The molecule has 0 radical (unpaired) electrons. The van der Waals surface area contributed by atoms with Gasteiger partial charge in [-0.3, -0.25) is 9.59 Å². The molecule has 0 saturated carbocycles. The van der Waals surface area contributed by atoms with E-state index >= 15 is 0 Å². The quantitative estimate of drug-likeness (QED) is 0.0324. The lowest BCUT2D eigenvalue weighted by Gasteiger charge is -2.24. The minimum atomic E-state index is -0.790. The summed E-state index contributed by atoms with van der Waals surface area (Å²) in [7, 11) is 0. The van der Waals surface area contributed by atoms with Crippen LogP contribution in [0.4, 0.5) is 0 Å². The van der Waals surface area contributed by atoms with Crippen molar-refractivity contribution >= 4 is 11.9 Å². The van der Waals surface area contributed by atoms with Gasteiger partial charge in [-0.1, -0.05) is 225 Å². The fraction of sp³-hybridized carbons (Fsp3) is 0.880. The van der Waals surface area contributed by atoms with Crippen molar-refractivity contribution in [2.75, 3.05) is 6.61 Å². The van der Waals surface area contributed by atoms with Crippen LogP contribution in [0, 0.1) is 0 Å². The average Bonchev–Trinajstić information content (AvgIpc) is 3.19. The number of aliphatic hydroxyl groups is 2. The smallest absolute Gasteiger partial charge is 0.306 e. The van der Waals surface area contributed by atoms with Gasteiger partial charge in [-0.15, -0.1) is 0 Å². The van der Waals surface area contributed by atoms with Gasteiger partial charge in [0.15, 0.2) is 0 Å². The van der Waals surface area contributed by atoms with Crippen molar-refractivity contribution in [3.8, 4) is 0 Å². The lowest BCUT2D eigenvalue weighted by atomic mass is 10.0. The Morgan fingerprint density at radius 3 is 1.36 bits per heavy atom. The molecule has 0 aliphatic rings. The second kappa shape index (κ2) is 44.4. The topological polar surface area (TPSA) is 95.9 Å². The molecule has 0 fully saturated rings. The highest BCUT2D eigenvalue weighted by Crippen LogP contribution is 2.18. The number of aliphatic hydroxyl groups excluding tert-OH is 2. The first kappa shape index (κ1) is 54.3. The van der Waals surface area contributed by atoms with Crippen LogP contribution < -0.4 is 5.32 Å². The van der Waals surface area contributed by atoms with E-state index < -0.39 is 18.2 Å². The van der Waals surface area contributed by atoms with Crippen molar-refractivity contribution in [1.82, 2.24) is 5.32 Å². The fourth-order valence-corrected chi connectivity index (χ4v) is 7.54. The number of nitrogens with one attached hydrogen (secondary N) is 1. The van der Waals surface area contributed by atoms with E-state index in [1.54, 1.807) is 0 Å². The molecule has 3 unspecified atom stereocenters. The van der Waals surface area contributed by atoms with Gasteiger partial charge in [-0.05, 0) is 44.9 Å². The van der Waals surface area contributed by atoms with E-state index in [0.717, 1.165) is 44.9 Å². The molecule has 0 aliphatic heterocycles. The molecule has 0 spiro atoms. The zero-order chi connectivity index (χ0) is 41.0. The molecule has 3 atom stereocenters. The van der Waals surface area contributed by atoms with Gasteiger partial charge in [0.2, 0.25) is 5.91 Å². The predicted octanol–water partition coefficient (Wildman–Crippen LogP) is 14.3. The van der Waals surface area contributed by atoms with Gasteiger partial charge in [-0.2, -0.15) is 0 Å². The van der Waals surface area contributed by atoms with E-state index in [2.05, 4.69) is 44.3 Å². The summed E-state index contributed by atoms with van der Waals surface area (Å²) >= 11 is 0. The monoisotopic (exact) mass is 790 g/mol. The normalized spacial score (nSPS) is 13.4. The lowest BCUT2D eigenvalue weighted by Crippen LogP contribution is -2.46. The molecule has 330 valence electrons. The Bertz CT molecular complexity index is 889. The molecule has 3 N–H and O–H groups in total. The van der Waals surface area contributed by atoms with Gasteiger partial charge in [0.05, 0.1) is 25.2 Å². The van der Waals surface area contributed by atoms with E-state index in [9.17, 15) is 19.8 Å². The molecule has 0 rings (SSSR count). The van der Waals surface area contributed by atoms with E-state index in [-0.39, 0.29) is 24.9 Å². The van der Waals surface area contributed by atoms with Crippen molar-refractivity contribution < 1.29 is 24.5 Å². The number of unbranched alkanes of at least 4 members (excludes halogenated alkanes) is 28. The Kier molecular flexibility index (Phi) is 43.1. The van der Waals surface area contributed by atoms with Gasteiger partial charge in [0.25, 0.3) is 0 Å². The van der Waals surface area contributed by atoms with Crippen molar-refractivity contribution in [3.05, 3.63) is 24.3 Å². The van der Waals surface area contributed by atoms with E-state index in [1.165, 1.54) is 161 Å². The second-order valence-corrected chi connectivity index (χ2v) is 16.9. The third-order valence-corrected chi connectivity index (χ3v) is 11.3. The number of carbonyl (C=O) groups excluding carboxylic acids is 2. The summed E-state index contributed by atoms with van der Waals surface area (Å²) in [4.78, 5) is 26.0. The standard InChI is InChI=1S/C50H95NO5/c1-4-7-10-13-16-19-22-24-27-29-32-35-38-41-46(56-50(55)43-40-37-34-31-28-25-23-20-17-14-11-8-5-2)44-49(54)51-47(45-52)48(53)42-39-36-33-30-26-21-18-15-12-9-6-3/h25,28,34,37,46-48,52-53H,4-24,26-27,29-33,35-36,38-45H2,1-3H3,(H,51,54)/b28-25-,37-34+. The molecule has 0 aliphatic carbocycles. The number of hydrogen-bond acceptors (Lipinski definition) is 5. The largest absolute Gasteiger partial charge is 0.462 e. The van der Waals surface area contributed by atoms with Crippen LogP contribution in [-0.4, -0.2) is 46.9 Å². The number of rotatable bonds is 44. The van der Waals surface area contributed by atoms with Gasteiger partial charge in [0.1, 0.15) is 6.10 Å². The zero-order valence-electron chi connectivity index (χ0n) is 37.5. The minimum Gasteiger partial charge on any atom is -0.462 e. The third-order valence-electron chi connectivity index (χ3n) is 11.3. The van der Waals surface area contributed by atoms with Crippen LogP contribution >= 0.6 is 0 Å². The van der Waals surface area contributed by atoms with Crippen molar-refractivity contribution in [2.24, 2.45) is 0 Å². The summed E-state index contributed by atoms with van der Waals surface area (Å²) < 4.78 is 5.88. The molecule has 0 heterocycles. The van der Waals surface area contributed by atoms with E-state index in [1.807, 2.05) is 6.08 Å². The van der Waals surface area contributed by atoms with Crippen LogP contribution in [-0.2, 0) is 14.3 Å². The van der Waals surface area contributed by atoms with Gasteiger partial charge in [0, 0.05) is 6.42 Å². The van der Waals surface area contributed by atoms with Crippen molar-refractivity contribution in [1.29, 1.82) is 0 Å². The van der Waals surface area contributed by atoms with E-state index in [4.69, 9.17) is 4.74 Å². The van der Waals surface area contributed by atoms with Gasteiger partial charge < -0.3 is 20.3 Å². The molecule has 1 amide bonds. The fourth-order valence-electron chi connectivity index (χ4n) is 7.54. The average molecular weight is 790 g/mol. The van der Waals surface area contributed by atoms with Crippen LogP contribution in [0.1, 0.15) is 258 Å². The summed E-state index contributed by atoms with van der Waals surface area (Å²) in [5, 5.41) is 23.7. The van der Waals surface area contributed by atoms with E-state index in [0.29, 0.717) is 25.7 Å². The maximum atomic E-state index is 13.1. The minimum absolute atomic E-state index is 0.0604. The first-order valence-electron chi connectivity index (χ1n) is 24.6. The number of ether oxygens (including phenoxy) is 1. The van der Waals surface area contributed by atoms with Crippen LogP contribution in [0.15, 0.2) is 24.3 Å². The van der Waals surface area contributed by atoms with Crippen molar-refractivity contribution in [2.45, 2.75) is 277 Å². The number of esters is 1. The van der Waals surface area contributed by atoms with Gasteiger partial charge in [-0.25, -0.2) is 0 Å². The molecule has 0 saturated heterocycles. The highest BCUT2D eigenvalue weighted by molar-refractivity contribution is 5.77. The van der Waals surface area contributed by atoms with Crippen molar-refractivity contribution in [3.63, 3.8) is 0 Å². The summed E-state index contributed by atoms with van der Waals surface area (Å²) in [5.41, 5.74) is 0. The Labute approximate surface area is 348 Å². The van der Waals surface area contributed by atoms with Crippen LogP contribution in [0.3, 0.4) is 0 Å². The maximum Gasteiger partial charge on any atom is 0.306 e. The summed E-state index contributed by atoms with van der Waals surface area (Å²) in [6.07, 6.45) is 49.6. The van der Waals surface area contributed by atoms with Crippen LogP contribution in [0.25, 0.3) is 0 Å². The Morgan fingerprint density at radius 1 is 0.518 bits per heavy atom. The molecule has 0 aromatic carbocycles. The zero-order valence-corrected chi connectivity index (χ0v) is 37.5. The lowest BCUT2D eigenvalue weighted by molar-refractivity contribution is -0.150. The number of amides is 1. The number of hydrogen-bond donors (Lipinski definition) is 3. The first-order chi connectivity index (χ1) is 27.5. The Morgan fingerprint density at radius 2 is 0.911 bits per heavy atom. The molecular weight excluding hydrogens is 695 g/mol. The Balaban J connectivity index is 4.63. The molecule has 0 aromatic rings. The SMILES string of the molecule is CCCCCCCC/C=C\C/C=C/CCC(=O)OC(CCCCCCCCCCCCCCC)CC(=O)NC(CO)C(O)CCCCCCCCCCCCC. The summed E-state index contributed by atoms with van der Waals surface area (Å²) in [6.45, 7) is 6.46. The van der Waals surface area contributed by atoms with Crippen LogP contribution in [0.5, 0.6) is 0 Å². The number of carbonyl (C=O) groups is 2. The molecule has 6 nitrogen and oxygen atoms in total. The molecule has 0 bridgehead atoms. The Hall–Kier alpha value is -1.66. The predicted molar refractivity (Wildman–Crippen MR) is 241 cm³/mol. The molecule has 6 heteroatoms. The van der Waals surface area contributed by atoms with Gasteiger partial charge >= 0.3 is 5.97 Å². The highest BCUT2D eigenvalue weighted by Gasteiger charge is 2.24. The third kappa shape index (κ3) is 39.2. The summed E-state index contributed by atoms with van der Waals surface area (Å²) in [6, 6.07) is -0.705. The first-order valence-corrected chi connectivity index (χ1v) is 24.6. The second-order valence-electron chi connectivity index (χ2n) is 16.9. The van der Waals surface area contributed by atoms with Crippen LogP contribution in [0.2, 0.25) is 0 Å².